The van der Waals surface area contributed by atoms with Crippen molar-refractivity contribution < 1.29 is 27.4 Å². The Morgan fingerprint density at radius 2 is 1.42 bits per heavy atom. The number of hydrogen-bond donors (Lipinski definition) is 1. The van der Waals surface area contributed by atoms with Gasteiger partial charge in [0.2, 0.25) is 15.4 Å². The lowest BCUT2D eigenvalue weighted by atomic mass is 9.77. The van der Waals surface area contributed by atoms with Crippen LogP contribution in [-0.2, 0) is 14.6 Å². The Balaban J connectivity index is 2.03. The van der Waals surface area contributed by atoms with Gasteiger partial charge in [0.05, 0.1) is 9.79 Å². The van der Waals surface area contributed by atoms with E-state index in [1.807, 2.05) is 0 Å². The summed E-state index contributed by atoms with van der Waals surface area (Å²) in [4.78, 5) is 12.1. The topological polar surface area (TPSA) is 80.7 Å². The highest BCUT2D eigenvalue weighted by molar-refractivity contribution is 7.91. The third kappa shape index (κ3) is 4.89. The Morgan fingerprint density at radius 1 is 0.909 bits per heavy atom. The van der Waals surface area contributed by atoms with Crippen molar-refractivity contribution in [1.29, 1.82) is 0 Å². The molecule has 8 heteroatoms. The fourth-order valence-electron chi connectivity index (χ4n) is 3.12. The van der Waals surface area contributed by atoms with Gasteiger partial charge in [0.15, 0.2) is 0 Å². The first-order valence-corrected chi connectivity index (χ1v) is 11.9. The van der Waals surface area contributed by atoms with Gasteiger partial charge >= 0.3 is 5.97 Å². The smallest absolute Gasteiger partial charge is 0.348 e. The minimum atomic E-state index is -3.83. The predicted molar refractivity (Wildman–Crippen MR) is 125 cm³/mol. The van der Waals surface area contributed by atoms with Gasteiger partial charge in [0, 0.05) is 16.0 Å². The van der Waals surface area contributed by atoms with Gasteiger partial charge in [0.25, 0.3) is 0 Å². The SMILES string of the molecule is CC(C)(C)[C@](C)(Oc1ccc(Cl)cc1-c1ccc(S(=O)(=O)c2ccc(F)cc2)cc1)C(=O)O. The zero-order chi connectivity index (χ0) is 24.6. The molecule has 0 amide bonds. The van der Waals surface area contributed by atoms with E-state index in [-0.39, 0.29) is 9.79 Å². The van der Waals surface area contributed by atoms with Crippen LogP contribution >= 0.6 is 11.6 Å². The van der Waals surface area contributed by atoms with Crippen molar-refractivity contribution >= 4 is 27.4 Å². The van der Waals surface area contributed by atoms with Crippen LogP contribution in [-0.4, -0.2) is 25.1 Å². The summed E-state index contributed by atoms with van der Waals surface area (Å²) in [6.45, 7) is 6.82. The normalized spacial score (nSPS) is 13.9. The van der Waals surface area contributed by atoms with Crippen LogP contribution in [0.1, 0.15) is 27.7 Å². The van der Waals surface area contributed by atoms with Crippen LogP contribution < -0.4 is 4.74 Å². The van der Waals surface area contributed by atoms with Crippen molar-refractivity contribution in [1.82, 2.24) is 0 Å². The molecule has 33 heavy (non-hydrogen) atoms. The number of rotatable bonds is 6. The van der Waals surface area contributed by atoms with Gasteiger partial charge in [-0.15, -0.1) is 0 Å². The van der Waals surface area contributed by atoms with E-state index in [4.69, 9.17) is 16.3 Å². The Hall–Kier alpha value is -2.90. The van der Waals surface area contributed by atoms with E-state index in [1.165, 1.54) is 31.2 Å². The number of ether oxygens (including phenoxy) is 1. The Bertz CT molecular complexity index is 1280. The molecule has 5 nitrogen and oxygen atoms in total. The van der Waals surface area contributed by atoms with Gasteiger partial charge in [-0.3, -0.25) is 0 Å². The second-order valence-corrected chi connectivity index (χ2v) is 11.2. The summed E-state index contributed by atoms with van der Waals surface area (Å²) in [6, 6.07) is 15.4. The Kier molecular flexibility index (Phi) is 6.60. The molecule has 3 rings (SSSR count). The summed E-state index contributed by atoms with van der Waals surface area (Å²) in [5.41, 5.74) is -1.17. The summed E-state index contributed by atoms with van der Waals surface area (Å²) in [6.07, 6.45) is 0. The van der Waals surface area contributed by atoms with Crippen molar-refractivity contribution in [2.45, 2.75) is 43.1 Å². The van der Waals surface area contributed by atoms with E-state index >= 15 is 0 Å². The maximum absolute atomic E-state index is 13.2. The van der Waals surface area contributed by atoms with Gasteiger partial charge in [-0.1, -0.05) is 44.5 Å². The van der Waals surface area contributed by atoms with E-state index in [2.05, 4.69) is 0 Å². The van der Waals surface area contributed by atoms with Crippen LogP contribution in [0.25, 0.3) is 11.1 Å². The number of halogens is 2. The highest BCUT2D eigenvalue weighted by atomic mass is 35.5. The minimum Gasteiger partial charge on any atom is -0.478 e. The summed E-state index contributed by atoms with van der Waals surface area (Å²) in [5, 5.41) is 10.3. The molecule has 3 aromatic carbocycles. The van der Waals surface area contributed by atoms with E-state index in [0.717, 1.165) is 12.1 Å². The largest absolute Gasteiger partial charge is 0.478 e. The predicted octanol–water partition coefficient (Wildman–Crippen LogP) is 6.25. The summed E-state index contributed by atoms with van der Waals surface area (Å²) >= 11 is 6.19. The van der Waals surface area contributed by atoms with Crippen molar-refractivity contribution in [3.8, 4) is 16.9 Å². The second kappa shape index (κ2) is 8.80. The Labute approximate surface area is 197 Å². The van der Waals surface area contributed by atoms with Crippen molar-refractivity contribution in [3.63, 3.8) is 0 Å². The molecule has 0 aromatic heterocycles. The van der Waals surface area contributed by atoms with Crippen molar-refractivity contribution in [2.24, 2.45) is 5.41 Å². The molecule has 0 fully saturated rings. The third-order valence-electron chi connectivity index (χ3n) is 5.69. The lowest BCUT2D eigenvalue weighted by Crippen LogP contribution is -2.52. The van der Waals surface area contributed by atoms with Crippen LogP contribution in [0, 0.1) is 11.2 Å². The zero-order valence-electron chi connectivity index (χ0n) is 18.6. The summed E-state index contributed by atoms with van der Waals surface area (Å²) in [5.74, 6) is -1.34. The maximum Gasteiger partial charge on any atom is 0.348 e. The van der Waals surface area contributed by atoms with Crippen molar-refractivity contribution in [3.05, 3.63) is 77.6 Å². The summed E-state index contributed by atoms with van der Waals surface area (Å²) < 4.78 is 44.9. The molecule has 3 aromatic rings. The monoisotopic (exact) mass is 490 g/mol. The van der Waals surface area contributed by atoms with E-state index in [0.29, 0.717) is 21.9 Å². The first kappa shape index (κ1) is 24.7. The summed E-state index contributed by atoms with van der Waals surface area (Å²) in [7, 11) is -3.83. The van der Waals surface area contributed by atoms with E-state index in [9.17, 15) is 22.7 Å². The maximum atomic E-state index is 13.2. The highest BCUT2D eigenvalue weighted by Crippen LogP contribution is 2.40. The quantitative estimate of drug-likeness (QED) is 0.413. The molecule has 0 unspecified atom stereocenters. The lowest BCUT2D eigenvalue weighted by molar-refractivity contribution is -0.163. The average Bonchev–Trinajstić information content (AvgIpc) is 2.74. The molecule has 0 heterocycles. The van der Waals surface area contributed by atoms with Crippen LogP contribution in [0.15, 0.2) is 76.5 Å². The molecule has 0 saturated heterocycles. The standard InChI is InChI=1S/C25H24ClFO5S/c1-24(2,3)25(4,23(28)29)32-22-14-7-17(26)15-21(22)16-5-10-19(11-6-16)33(30,31)20-12-8-18(27)9-13-20/h5-15H,1-4H3,(H,28,29)/t25-/m1/s1. The number of carboxylic acid groups (broad SMARTS) is 1. The Morgan fingerprint density at radius 3 is 1.91 bits per heavy atom. The van der Waals surface area contributed by atoms with Gasteiger partial charge in [0.1, 0.15) is 11.6 Å². The van der Waals surface area contributed by atoms with Crippen LogP contribution in [0.3, 0.4) is 0 Å². The fourth-order valence-corrected chi connectivity index (χ4v) is 4.55. The molecule has 174 valence electrons. The number of sulfone groups is 1. The first-order chi connectivity index (χ1) is 15.3. The van der Waals surface area contributed by atoms with Crippen LogP contribution in [0.5, 0.6) is 5.75 Å². The molecule has 0 aliphatic rings. The first-order valence-electron chi connectivity index (χ1n) is 10.1. The minimum absolute atomic E-state index is 0.0224. The molecule has 0 aliphatic heterocycles. The van der Waals surface area contributed by atoms with Gasteiger partial charge < -0.3 is 9.84 Å². The molecule has 0 saturated carbocycles. The number of benzene rings is 3. The second-order valence-electron chi connectivity index (χ2n) is 8.81. The fraction of sp³-hybridized carbons (Fsp3) is 0.240. The molecule has 1 atom stereocenters. The molecule has 0 bridgehead atoms. The molecular formula is C25H24ClFO5S. The molecule has 0 radical (unpaired) electrons. The van der Waals surface area contributed by atoms with E-state index in [1.54, 1.807) is 51.1 Å². The number of carboxylic acids is 1. The zero-order valence-corrected chi connectivity index (χ0v) is 20.2. The number of aliphatic carboxylic acids is 1. The number of carbonyl (C=O) groups is 1. The molecule has 0 spiro atoms. The third-order valence-corrected chi connectivity index (χ3v) is 7.72. The average molecular weight is 491 g/mol. The van der Waals surface area contributed by atoms with Crippen LogP contribution in [0.4, 0.5) is 4.39 Å². The van der Waals surface area contributed by atoms with Gasteiger partial charge in [-0.25, -0.2) is 17.6 Å². The van der Waals surface area contributed by atoms with Gasteiger partial charge in [-0.05, 0) is 67.1 Å². The van der Waals surface area contributed by atoms with Crippen molar-refractivity contribution in [2.75, 3.05) is 0 Å². The molecule has 0 aliphatic carbocycles. The number of hydrogen-bond acceptors (Lipinski definition) is 4. The van der Waals surface area contributed by atoms with E-state index < -0.39 is 32.6 Å². The lowest BCUT2D eigenvalue weighted by Gasteiger charge is -2.38. The highest BCUT2D eigenvalue weighted by Gasteiger charge is 2.47. The molecule has 1 N–H and O–H groups in total. The molecular weight excluding hydrogens is 467 g/mol. The van der Waals surface area contributed by atoms with Gasteiger partial charge in [-0.2, -0.15) is 0 Å². The van der Waals surface area contributed by atoms with Crippen LogP contribution in [0.2, 0.25) is 5.02 Å².